The molecule has 0 aliphatic carbocycles. The van der Waals surface area contributed by atoms with Crippen molar-refractivity contribution in [2.24, 2.45) is 10.9 Å². The Hall–Kier alpha value is -1.26. The van der Waals surface area contributed by atoms with Crippen LogP contribution in [0.1, 0.15) is 37.8 Å². The van der Waals surface area contributed by atoms with Crippen molar-refractivity contribution in [2.45, 2.75) is 45.8 Å². The average molecular weight is 533 g/mol. The maximum absolute atomic E-state index is 5.90. The van der Waals surface area contributed by atoms with Gasteiger partial charge in [0.05, 0.1) is 19.8 Å². The first-order valence-corrected chi connectivity index (χ1v) is 10.7. The fourth-order valence-corrected chi connectivity index (χ4v) is 3.65. The highest BCUT2D eigenvalue weighted by atomic mass is 127. The molecule has 1 saturated heterocycles. The maximum Gasteiger partial charge on any atom is 0.191 e. The quantitative estimate of drug-likeness (QED) is 0.209. The van der Waals surface area contributed by atoms with E-state index in [0.717, 1.165) is 75.3 Å². The number of hydrogen-bond donors (Lipinski definition) is 2. The number of fused-ring (bicyclic) bond motifs is 1. The van der Waals surface area contributed by atoms with Crippen molar-refractivity contribution in [3.63, 3.8) is 0 Å². The Morgan fingerprint density at radius 2 is 2.17 bits per heavy atom. The average Bonchev–Trinajstić information content (AvgIpc) is 3.35. The van der Waals surface area contributed by atoms with Gasteiger partial charge >= 0.3 is 0 Å². The molecule has 7 nitrogen and oxygen atoms in total. The SMILES string of the molecule is CCOc1cc2c(cc1CNC(=NC)NCCCOCC1CCOC1)OC(C)C2.I. The highest BCUT2D eigenvalue weighted by molar-refractivity contribution is 14.0. The van der Waals surface area contributed by atoms with Gasteiger partial charge in [0.1, 0.15) is 17.6 Å². The highest BCUT2D eigenvalue weighted by Crippen LogP contribution is 2.35. The number of hydrogen-bond acceptors (Lipinski definition) is 5. The fraction of sp³-hybridized carbons (Fsp3) is 0.682. The van der Waals surface area contributed by atoms with Gasteiger partial charge in [-0.2, -0.15) is 0 Å². The van der Waals surface area contributed by atoms with Crippen LogP contribution < -0.4 is 20.1 Å². The first-order chi connectivity index (χ1) is 14.2. The monoisotopic (exact) mass is 533 g/mol. The lowest BCUT2D eigenvalue weighted by Crippen LogP contribution is -2.37. The van der Waals surface area contributed by atoms with E-state index in [9.17, 15) is 0 Å². The summed E-state index contributed by atoms with van der Waals surface area (Å²) in [5.74, 6) is 3.21. The Kier molecular flexibility index (Phi) is 11.0. The topological polar surface area (TPSA) is 73.3 Å². The normalized spacial score (nSPS) is 20.3. The summed E-state index contributed by atoms with van der Waals surface area (Å²) in [5, 5.41) is 6.71. The van der Waals surface area contributed by atoms with Crippen LogP contribution in [0.15, 0.2) is 17.1 Å². The van der Waals surface area contributed by atoms with Crippen LogP contribution in [0.4, 0.5) is 0 Å². The molecular formula is C22H36IN3O4. The van der Waals surface area contributed by atoms with Crippen LogP contribution in [-0.4, -0.2) is 58.7 Å². The smallest absolute Gasteiger partial charge is 0.191 e. The van der Waals surface area contributed by atoms with Gasteiger partial charge in [-0.05, 0) is 38.8 Å². The van der Waals surface area contributed by atoms with Gasteiger partial charge in [0.15, 0.2) is 5.96 Å². The minimum absolute atomic E-state index is 0. The molecule has 1 fully saturated rings. The van der Waals surface area contributed by atoms with E-state index in [4.69, 9.17) is 18.9 Å². The second-order valence-corrected chi connectivity index (χ2v) is 7.64. The molecule has 0 radical (unpaired) electrons. The summed E-state index contributed by atoms with van der Waals surface area (Å²) in [7, 11) is 1.78. The Balaban J connectivity index is 0.00000320. The first kappa shape index (κ1) is 25.0. The summed E-state index contributed by atoms with van der Waals surface area (Å²) < 4.78 is 22.9. The summed E-state index contributed by atoms with van der Waals surface area (Å²) in [4.78, 5) is 4.31. The maximum atomic E-state index is 5.90. The second kappa shape index (κ2) is 13.2. The molecule has 0 amide bonds. The van der Waals surface area contributed by atoms with Crippen molar-refractivity contribution in [3.05, 3.63) is 23.3 Å². The molecule has 1 aromatic rings. The summed E-state index contributed by atoms with van der Waals surface area (Å²) in [6.45, 7) is 9.43. The number of nitrogens with zero attached hydrogens (tertiary/aromatic N) is 1. The van der Waals surface area contributed by atoms with Crippen molar-refractivity contribution in [1.82, 2.24) is 10.6 Å². The Morgan fingerprint density at radius 3 is 2.90 bits per heavy atom. The summed E-state index contributed by atoms with van der Waals surface area (Å²) in [6, 6.07) is 4.20. The van der Waals surface area contributed by atoms with E-state index < -0.39 is 0 Å². The third kappa shape index (κ3) is 7.46. The van der Waals surface area contributed by atoms with Gasteiger partial charge in [-0.15, -0.1) is 24.0 Å². The van der Waals surface area contributed by atoms with Crippen molar-refractivity contribution >= 4 is 29.9 Å². The molecule has 1 aromatic carbocycles. The third-order valence-corrected chi connectivity index (χ3v) is 5.18. The van der Waals surface area contributed by atoms with Gasteiger partial charge in [-0.1, -0.05) is 0 Å². The molecule has 30 heavy (non-hydrogen) atoms. The molecule has 0 saturated carbocycles. The number of ether oxygens (including phenoxy) is 4. The minimum atomic E-state index is 0. The highest BCUT2D eigenvalue weighted by Gasteiger charge is 2.22. The van der Waals surface area contributed by atoms with Gasteiger partial charge in [-0.25, -0.2) is 0 Å². The molecule has 2 N–H and O–H groups in total. The molecule has 0 bridgehead atoms. The van der Waals surface area contributed by atoms with E-state index >= 15 is 0 Å². The van der Waals surface area contributed by atoms with Crippen molar-refractivity contribution in [3.8, 4) is 11.5 Å². The number of guanidine groups is 1. The third-order valence-electron chi connectivity index (χ3n) is 5.18. The van der Waals surface area contributed by atoms with Crippen LogP contribution in [-0.2, 0) is 22.4 Å². The van der Waals surface area contributed by atoms with Crippen LogP contribution >= 0.6 is 24.0 Å². The van der Waals surface area contributed by atoms with Crippen LogP contribution in [0.5, 0.6) is 11.5 Å². The molecule has 3 rings (SSSR count). The molecule has 2 unspecified atom stereocenters. The van der Waals surface area contributed by atoms with Crippen molar-refractivity contribution in [1.29, 1.82) is 0 Å². The van der Waals surface area contributed by atoms with Gasteiger partial charge in [0.25, 0.3) is 0 Å². The number of aliphatic imine (C=N–C) groups is 1. The Morgan fingerprint density at radius 1 is 1.30 bits per heavy atom. The molecule has 0 spiro atoms. The van der Waals surface area contributed by atoms with Gasteiger partial charge < -0.3 is 29.6 Å². The summed E-state index contributed by atoms with van der Waals surface area (Å²) in [6.07, 6.45) is 3.21. The Labute approximate surface area is 197 Å². The molecule has 2 aliphatic rings. The first-order valence-electron chi connectivity index (χ1n) is 10.7. The van der Waals surface area contributed by atoms with Gasteiger partial charge in [0, 0.05) is 56.8 Å². The summed E-state index contributed by atoms with van der Waals surface area (Å²) >= 11 is 0. The predicted octanol–water partition coefficient (Wildman–Crippen LogP) is 3.13. The largest absolute Gasteiger partial charge is 0.494 e. The van der Waals surface area contributed by atoms with Crippen LogP contribution in [0.3, 0.4) is 0 Å². The molecule has 2 aliphatic heterocycles. The van der Waals surface area contributed by atoms with E-state index in [1.54, 1.807) is 7.05 Å². The minimum Gasteiger partial charge on any atom is -0.494 e. The zero-order chi connectivity index (χ0) is 20.5. The zero-order valence-corrected chi connectivity index (χ0v) is 20.7. The molecule has 170 valence electrons. The lowest BCUT2D eigenvalue weighted by atomic mass is 10.1. The van der Waals surface area contributed by atoms with E-state index in [2.05, 4.69) is 34.7 Å². The predicted molar refractivity (Wildman–Crippen MR) is 129 cm³/mol. The standard InChI is InChI=1S/C22H35N3O4.HI/c1-4-28-20-11-18-10-16(2)29-21(18)12-19(20)13-25-22(23-3)24-7-5-8-26-14-17-6-9-27-15-17;/h11-12,16-17H,4-10,13-15H2,1-3H3,(H2,23,24,25);1H. The summed E-state index contributed by atoms with van der Waals surface area (Å²) in [5.41, 5.74) is 2.29. The lowest BCUT2D eigenvalue weighted by Gasteiger charge is -2.16. The zero-order valence-electron chi connectivity index (χ0n) is 18.4. The lowest BCUT2D eigenvalue weighted by molar-refractivity contribution is 0.0888. The van der Waals surface area contributed by atoms with Crippen molar-refractivity contribution < 1.29 is 18.9 Å². The van der Waals surface area contributed by atoms with E-state index in [-0.39, 0.29) is 30.1 Å². The molecule has 2 heterocycles. The van der Waals surface area contributed by atoms with Gasteiger partial charge in [-0.3, -0.25) is 4.99 Å². The number of rotatable bonds is 10. The van der Waals surface area contributed by atoms with E-state index in [1.807, 2.05) is 6.92 Å². The number of nitrogens with one attached hydrogen (secondary N) is 2. The second-order valence-electron chi connectivity index (χ2n) is 7.64. The van der Waals surface area contributed by atoms with Crippen LogP contribution in [0.25, 0.3) is 0 Å². The van der Waals surface area contributed by atoms with Crippen LogP contribution in [0.2, 0.25) is 0 Å². The van der Waals surface area contributed by atoms with Crippen LogP contribution in [0, 0.1) is 5.92 Å². The number of benzene rings is 1. The number of halogens is 1. The molecular weight excluding hydrogens is 497 g/mol. The molecule has 2 atom stereocenters. The van der Waals surface area contributed by atoms with Crippen molar-refractivity contribution in [2.75, 3.05) is 46.6 Å². The Bertz CT molecular complexity index is 681. The van der Waals surface area contributed by atoms with E-state index in [1.165, 1.54) is 5.56 Å². The van der Waals surface area contributed by atoms with Gasteiger partial charge in [0.2, 0.25) is 0 Å². The van der Waals surface area contributed by atoms with E-state index in [0.29, 0.717) is 19.1 Å². The molecule has 0 aromatic heterocycles. The fourth-order valence-electron chi connectivity index (χ4n) is 3.65. The molecule has 8 heteroatoms.